The van der Waals surface area contributed by atoms with Crippen LogP contribution in [0.25, 0.3) is 11.0 Å². The predicted molar refractivity (Wildman–Crippen MR) is 72.3 cm³/mol. The van der Waals surface area contributed by atoms with E-state index in [-0.39, 0.29) is 6.42 Å². The molecule has 3 rings (SSSR count). The van der Waals surface area contributed by atoms with Crippen LogP contribution in [0.1, 0.15) is 18.7 Å². The SMILES string of the molecule is Cc1nc2cc3c(cc2n1CCCC(=O)O)OCCO3. The van der Waals surface area contributed by atoms with Crippen molar-refractivity contribution in [3.8, 4) is 11.5 Å². The summed E-state index contributed by atoms with van der Waals surface area (Å²) in [6, 6.07) is 3.80. The van der Waals surface area contributed by atoms with E-state index in [0.29, 0.717) is 26.2 Å². The van der Waals surface area contributed by atoms with Gasteiger partial charge in [0.1, 0.15) is 19.0 Å². The number of ether oxygens (including phenoxy) is 2. The third-order valence-corrected chi connectivity index (χ3v) is 3.38. The molecule has 0 spiro atoms. The van der Waals surface area contributed by atoms with Gasteiger partial charge in [-0.1, -0.05) is 0 Å². The fourth-order valence-corrected chi connectivity index (χ4v) is 2.45. The van der Waals surface area contributed by atoms with Crippen molar-refractivity contribution in [1.82, 2.24) is 9.55 Å². The molecule has 6 nitrogen and oxygen atoms in total. The molecule has 6 heteroatoms. The monoisotopic (exact) mass is 276 g/mol. The Morgan fingerprint density at radius 2 is 2.05 bits per heavy atom. The van der Waals surface area contributed by atoms with Crippen LogP contribution in [0.4, 0.5) is 0 Å². The highest BCUT2D eigenvalue weighted by Crippen LogP contribution is 2.34. The number of carbonyl (C=O) groups is 1. The fraction of sp³-hybridized carbons (Fsp3) is 0.429. The summed E-state index contributed by atoms with van der Waals surface area (Å²) in [6.07, 6.45) is 0.736. The molecule has 0 saturated heterocycles. The summed E-state index contributed by atoms with van der Waals surface area (Å²) in [5.41, 5.74) is 1.80. The van der Waals surface area contributed by atoms with E-state index < -0.39 is 5.97 Å². The van der Waals surface area contributed by atoms with Crippen LogP contribution in [-0.2, 0) is 11.3 Å². The van der Waals surface area contributed by atoms with Crippen molar-refractivity contribution in [1.29, 1.82) is 0 Å². The van der Waals surface area contributed by atoms with Gasteiger partial charge in [0, 0.05) is 25.1 Å². The number of benzene rings is 1. The normalized spacial score (nSPS) is 13.7. The van der Waals surface area contributed by atoms with Crippen molar-refractivity contribution in [2.75, 3.05) is 13.2 Å². The van der Waals surface area contributed by atoms with Crippen LogP contribution in [0, 0.1) is 6.92 Å². The van der Waals surface area contributed by atoms with Gasteiger partial charge in [0.2, 0.25) is 0 Å². The van der Waals surface area contributed by atoms with E-state index in [1.165, 1.54) is 0 Å². The van der Waals surface area contributed by atoms with Crippen LogP contribution >= 0.6 is 0 Å². The van der Waals surface area contributed by atoms with Gasteiger partial charge in [0.15, 0.2) is 11.5 Å². The number of aromatic nitrogens is 2. The number of rotatable bonds is 4. The maximum Gasteiger partial charge on any atom is 0.303 e. The summed E-state index contributed by atoms with van der Waals surface area (Å²) >= 11 is 0. The fourth-order valence-electron chi connectivity index (χ4n) is 2.45. The average Bonchev–Trinajstić information content (AvgIpc) is 2.71. The summed E-state index contributed by atoms with van der Waals surface area (Å²) in [7, 11) is 0. The number of imidazole rings is 1. The first kappa shape index (κ1) is 12.8. The summed E-state index contributed by atoms with van der Waals surface area (Å²) in [4.78, 5) is 15.1. The second-order valence-electron chi connectivity index (χ2n) is 4.79. The lowest BCUT2D eigenvalue weighted by Crippen LogP contribution is -2.15. The minimum absolute atomic E-state index is 0.156. The minimum Gasteiger partial charge on any atom is -0.486 e. The Hall–Kier alpha value is -2.24. The molecule has 106 valence electrons. The van der Waals surface area contributed by atoms with Gasteiger partial charge < -0.3 is 19.1 Å². The lowest BCUT2D eigenvalue weighted by molar-refractivity contribution is -0.137. The van der Waals surface area contributed by atoms with E-state index >= 15 is 0 Å². The molecular formula is C14H16N2O4. The Labute approximate surface area is 115 Å². The number of fused-ring (bicyclic) bond motifs is 2. The second kappa shape index (κ2) is 5.03. The smallest absolute Gasteiger partial charge is 0.303 e. The van der Waals surface area contributed by atoms with Crippen LogP contribution in [0.2, 0.25) is 0 Å². The van der Waals surface area contributed by atoms with Crippen molar-refractivity contribution in [3.63, 3.8) is 0 Å². The molecule has 1 aromatic heterocycles. The Kier molecular flexibility index (Phi) is 3.22. The zero-order valence-electron chi connectivity index (χ0n) is 11.3. The van der Waals surface area contributed by atoms with Crippen molar-refractivity contribution in [2.24, 2.45) is 0 Å². The highest BCUT2D eigenvalue weighted by atomic mass is 16.6. The molecule has 1 N–H and O–H groups in total. The van der Waals surface area contributed by atoms with Crippen molar-refractivity contribution in [2.45, 2.75) is 26.3 Å². The molecule has 0 atom stereocenters. The van der Waals surface area contributed by atoms with Gasteiger partial charge in [0.25, 0.3) is 0 Å². The Morgan fingerprint density at radius 3 is 2.75 bits per heavy atom. The zero-order chi connectivity index (χ0) is 14.1. The van der Waals surface area contributed by atoms with Crippen LogP contribution in [-0.4, -0.2) is 33.8 Å². The summed E-state index contributed by atoms with van der Waals surface area (Å²) in [5, 5.41) is 8.72. The van der Waals surface area contributed by atoms with E-state index in [1.807, 2.05) is 23.6 Å². The van der Waals surface area contributed by atoms with Crippen molar-refractivity contribution < 1.29 is 19.4 Å². The molecule has 20 heavy (non-hydrogen) atoms. The molecule has 0 bridgehead atoms. The largest absolute Gasteiger partial charge is 0.486 e. The molecule has 2 heterocycles. The van der Waals surface area contributed by atoms with E-state index in [9.17, 15) is 4.79 Å². The topological polar surface area (TPSA) is 73.6 Å². The molecule has 1 aromatic carbocycles. The van der Waals surface area contributed by atoms with Gasteiger partial charge in [-0.2, -0.15) is 0 Å². The van der Waals surface area contributed by atoms with Gasteiger partial charge in [-0.25, -0.2) is 4.98 Å². The van der Waals surface area contributed by atoms with Gasteiger partial charge >= 0.3 is 5.97 Å². The van der Waals surface area contributed by atoms with Crippen molar-refractivity contribution >= 4 is 17.0 Å². The summed E-state index contributed by atoms with van der Waals surface area (Å²) in [6.45, 7) is 3.65. The first-order chi connectivity index (χ1) is 9.65. The number of carboxylic acids is 1. The maximum absolute atomic E-state index is 10.6. The molecule has 0 unspecified atom stereocenters. The van der Waals surface area contributed by atoms with E-state index in [0.717, 1.165) is 28.4 Å². The van der Waals surface area contributed by atoms with Crippen molar-refractivity contribution in [3.05, 3.63) is 18.0 Å². The first-order valence-corrected chi connectivity index (χ1v) is 6.63. The lowest BCUT2D eigenvalue weighted by Gasteiger charge is -2.18. The zero-order valence-corrected chi connectivity index (χ0v) is 11.3. The standard InChI is InChI=1S/C14H16N2O4/c1-9-15-10-7-12-13(20-6-5-19-12)8-11(10)16(9)4-2-3-14(17)18/h7-8H,2-6H2,1H3,(H,17,18). The third-order valence-electron chi connectivity index (χ3n) is 3.38. The quantitative estimate of drug-likeness (QED) is 0.924. The van der Waals surface area contributed by atoms with E-state index in [4.69, 9.17) is 14.6 Å². The van der Waals surface area contributed by atoms with E-state index in [1.54, 1.807) is 0 Å². The van der Waals surface area contributed by atoms with E-state index in [2.05, 4.69) is 4.98 Å². The molecule has 0 saturated carbocycles. The molecule has 1 aliphatic heterocycles. The average molecular weight is 276 g/mol. The Morgan fingerprint density at radius 1 is 1.35 bits per heavy atom. The van der Waals surface area contributed by atoms with Crippen LogP contribution < -0.4 is 9.47 Å². The maximum atomic E-state index is 10.6. The van der Waals surface area contributed by atoms with Gasteiger partial charge in [-0.3, -0.25) is 4.79 Å². The highest BCUT2D eigenvalue weighted by molar-refractivity contribution is 5.80. The van der Waals surface area contributed by atoms with Crippen LogP contribution in [0.3, 0.4) is 0 Å². The molecule has 2 aromatic rings. The van der Waals surface area contributed by atoms with Crippen LogP contribution in [0.5, 0.6) is 11.5 Å². The second-order valence-corrected chi connectivity index (χ2v) is 4.79. The number of nitrogens with zero attached hydrogens (tertiary/aromatic N) is 2. The number of aliphatic carboxylic acids is 1. The molecular weight excluding hydrogens is 260 g/mol. The summed E-state index contributed by atoms with van der Waals surface area (Å²) in [5.74, 6) is 1.54. The lowest BCUT2D eigenvalue weighted by atomic mass is 10.2. The van der Waals surface area contributed by atoms with Gasteiger partial charge in [-0.05, 0) is 13.3 Å². The van der Waals surface area contributed by atoms with Gasteiger partial charge in [0.05, 0.1) is 11.0 Å². The Balaban J connectivity index is 1.95. The Bertz CT molecular complexity index is 663. The molecule has 0 aliphatic carbocycles. The van der Waals surface area contributed by atoms with Gasteiger partial charge in [-0.15, -0.1) is 0 Å². The molecule has 0 fully saturated rings. The first-order valence-electron chi connectivity index (χ1n) is 6.63. The highest BCUT2D eigenvalue weighted by Gasteiger charge is 2.16. The molecule has 0 radical (unpaired) electrons. The van der Waals surface area contributed by atoms with Crippen LogP contribution in [0.15, 0.2) is 12.1 Å². The number of hydrogen-bond donors (Lipinski definition) is 1. The third kappa shape index (κ3) is 2.29. The minimum atomic E-state index is -0.777. The molecule has 1 aliphatic rings. The molecule has 0 amide bonds. The predicted octanol–water partition coefficient (Wildman–Crippen LogP) is 1.98. The summed E-state index contributed by atoms with van der Waals surface area (Å²) < 4.78 is 13.1. The number of hydrogen-bond acceptors (Lipinski definition) is 4. The number of aryl methyl sites for hydroxylation is 2. The number of carboxylic acid groups (broad SMARTS) is 1.